The number of hydrogen-bond donors (Lipinski definition) is 1. The number of nitrogens with zero attached hydrogens (tertiary/aromatic N) is 2. The second kappa shape index (κ2) is 7.67. The molecule has 1 saturated heterocycles. The number of aliphatic carboxylic acids is 1. The number of carbonyl (C=O) groups is 2. The lowest BCUT2D eigenvalue weighted by atomic mass is 10.1. The number of rotatable bonds is 6. The van der Waals surface area contributed by atoms with Crippen molar-refractivity contribution < 1.29 is 28.2 Å². The predicted molar refractivity (Wildman–Crippen MR) is 88.7 cm³/mol. The molecule has 3 atom stereocenters. The first kappa shape index (κ1) is 18.7. The van der Waals surface area contributed by atoms with E-state index in [4.69, 9.17) is 9.84 Å². The third-order valence-corrected chi connectivity index (χ3v) is 4.86. The zero-order valence-corrected chi connectivity index (χ0v) is 14.5. The third kappa shape index (κ3) is 4.19. The van der Waals surface area contributed by atoms with Crippen molar-refractivity contribution in [3.05, 3.63) is 35.4 Å². The van der Waals surface area contributed by atoms with Crippen LogP contribution in [0.25, 0.3) is 0 Å². The molecule has 2 fully saturated rings. The number of carbonyl (C=O) groups excluding carboxylic acids is 1. The Morgan fingerprint density at radius 1 is 1.38 bits per heavy atom. The number of amides is 1. The highest BCUT2D eigenvalue weighted by atomic mass is 19.2. The minimum absolute atomic E-state index is 0.0761. The van der Waals surface area contributed by atoms with Gasteiger partial charge in [-0.15, -0.1) is 0 Å². The van der Waals surface area contributed by atoms with Crippen molar-refractivity contribution in [3.8, 4) is 0 Å². The van der Waals surface area contributed by atoms with Gasteiger partial charge >= 0.3 is 5.97 Å². The Hall–Kier alpha value is -2.06. The average Bonchev–Trinajstić information content (AvgIpc) is 3.36. The lowest BCUT2D eigenvalue weighted by Crippen LogP contribution is -2.50. The summed E-state index contributed by atoms with van der Waals surface area (Å²) in [7, 11) is 1.68. The maximum Gasteiger partial charge on any atom is 0.317 e. The molecule has 26 heavy (non-hydrogen) atoms. The van der Waals surface area contributed by atoms with Crippen LogP contribution in [0.2, 0.25) is 0 Å². The van der Waals surface area contributed by atoms with Crippen LogP contribution in [0.3, 0.4) is 0 Å². The van der Waals surface area contributed by atoms with Gasteiger partial charge in [0.05, 0.1) is 19.3 Å². The van der Waals surface area contributed by atoms with Crippen LogP contribution >= 0.6 is 0 Å². The summed E-state index contributed by atoms with van der Waals surface area (Å²) < 4.78 is 32.9. The molecule has 142 valence electrons. The highest BCUT2D eigenvalue weighted by Crippen LogP contribution is 2.49. The molecule has 1 aromatic carbocycles. The molecule has 0 aromatic heterocycles. The Morgan fingerprint density at radius 3 is 2.88 bits per heavy atom. The summed E-state index contributed by atoms with van der Waals surface area (Å²) in [6.07, 6.45) is 0.250. The summed E-state index contributed by atoms with van der Waals surface area (Å²) in [5.41, 5.74) is 0.259. The zero-order valence-electron chi connectivity index (χ0n) is 14.5. The summed E-state index contributed by atoms with van der Waals surface area (Å²) in [4.78, 5) is 26.7. The van der Waals surface area contributed by atoms with Gasteiger partial charge in [0.1, 0.15) is 0 Å². The van der Waals surface area contributed by atoms with Crippen molar-refractivity contribution in [1.82, 2.24) is 9.80 Å². The van der Waals surface area contributed by atoms with E-state index in [1.807, 2.05) is 0 Å². The van der Waals surface area contributed by atoms with Gasteiger partial charge in [-0.2, -0.15) is 0 Å². The molecule has 3 rings (SSSR count). The second-order valence-corrected chi connectivity index (χ2v) is 6.96. The summed E-state index contributed by atoms with van der Waals surface area (Å²) in [6, 6.07) is 4.05. The van der Waals surface area contributed by atoms with Gasteiger partial charge in [0.2, 0.25) is 5.91 Å². The van der Waals surface area contributed by atoms with Crippen LogP contribution in [0.1, 0.15) is 17.9 Å². The van der Waals surface area contributed by atoms with Crippen molar-refractivity contribution in [2.45, 2.75) is 18.4 Å². The summed E-state index contributed by atoms with van der Waals surface area (Å²) in [5, 5.41) is 8.81. The van der Waals surface area contributed by atoms with E-state index >= 15 is 0 Å². The largest absolute Gasteiger partial charge is 0.480 e. The molecule has 0 radical (unpaired) electrons. The Kier molecular flexibility index (Phi) is 5.52. The van der Waals surface area contributed by atoms with Gasteiger partial charge in [0.15, 0.2) is 11.6 Å². The number of morpholine rings is 1. The van der Waals surface area contributed by atoms with E-state index in [0.717, 1.165) is 6.07 Å². The average molecular weight is 368 g/mol. The van der Waals surface area contributed by atoms with Crippen molar-refractivity contribution in [2.24, 2.45) is 5.92 Å². The molecule has 1 amide bonds. The van der Waals surface area contributed by atoms with Gasteiger partial charge in [-0.25, -0.2) is 8.78 Å². The molecule has 1 heterocycles. The van der Waals surface area contributed by atoms with Crippen LogP contribution in [-0.4, -0.2) is 72.7 Å². The minimum Gasteiger partial charge on any atom is -0.480 e. The number of carboxylic acid groups (broad SMARTS) is 1. The first-order valence-corrected chi connectivity index (χ1v) is 8.61. The van der Waals surface area contributed by atoms with E-state index in [2.05, 4.69) is 0 Å². The Bertz CT molecular complexity index is 700. The monoisotopic (exact) mass is 368 g/mol. The summed E-state index contributed by atoms with van der Waals surface area (Å²) in [5.74, 6) is -3.38. The topological polar surface area (TPSA) is 70.1 Å². The van der Waals surface area contributed by atoms with Crippen molar-refractivity contribution in [1.29, 1.82) is 0 Å². The number of carboxylic acids is 1. The van der Waals surface area contributed by atoms with E-state index in [1.165, 1.54) is 12.1 Å². The van der Waals surface area contributed by atoms with Crippen LogP contribution in [0, 0.1) is 17.6 Å². The van der Waals surface area contributed by atoms with Crippen molar-refractivity contribution in [2.75, 3.05) is 39.8 Å². The summed E-state index contributed by atoms with van der Waals surface area (Å²) in [6.45, 7) is 1.51. The first-order chi connectivity index (χ1) is 12.4. The molecular formula is C18H22F2N2O4. The Morgan fingerprint density at radius 2 is 2.15 bits per heavy atom. The van der Waals surface area contributed by atoms with E-state index in [1.54, 1.807) is 16.8 Å². The van der Waals surface area contributed by atoms with Gasteiger partial charge in [-0.05, 0) is 31.0 Å². The molecule has 6 nitrogen and oxygen atoms in total. The van der Waals surface area contributed by atoms with Crippen LogP contribution in [-0.2, 0) is 14.3 Å². The number of likely N-dealkylation sites (N-methyl/N-ethyl adjacent to an activating group) is 1. The van der Waals surface area contributed by atoms with E-state index < -0.39 is 17.6 Å². The predicted octanol–water partition coefficient (Wildman–Crippen LogP) is 1.31. The van der Waals surface area contributed by atoms with Crippen molar-refractivity contribution in [3.63, 3.8) is 0 Å². The molecule has 3 unspecified atom stereocenters. The number of halogens is 2. The fourth-order valence-corrected chi connectivity index (χ4v) is 3.53. The molecule has 1 N–H and O–H groups in total. The van der Waals surface area contributed by atoms with Crippen LogP contribution in [0.15, 0.2) is 18.2 Å². The molecule has 8 heteroatoms. The molecular weight excluding hydrogens is 346 g/mol. The smallest absolute Gasteiger partial charge is 0.317 e. The van der Waals surface area contributed by atoms with E-state index in [-0.39, 0.29) is 36.0 Å². The van der Waals surface area contributed by atoms with Gasteiger partial charge in [0, 0.05) is 25.6 Å². The SMILES string of the molecule is CN(CC(=O)O)CC1CN(C(=O)C2CC2c2cccc(F)c2F)CCO1. The van der Waals surface area contributed by atoms with Crippen LogP contribution < -0.4 is 0 Å². The van der Waals surface area contributed by atoms with Crippen molar-refractivity contribution >= 4 is 11.9 Å². The quantitative estimate of drug-likeness (QED) is 0.820. The van der Waals surface area contributed by atoms with Gasteiger partial charge in [-0.3, -0.25) is 14.5 Å². The highest BCUT2D eigenvalue weighted by molar-refractivity contribution is 5.83. The molecule has 1 saturated carbocycles. The maximum absolute atomic E-state index is 13.9. The maximum atomic E-state index is 13.9. The zero-order chi connectivity index (χ0) is 18.8. The number of hydrogen-bond acceptors (Lipinski definition) is 4. The van der Waals surface area contributed by atoms with E-state index in [9.17, 15) is 18.4 Å². The Balaban J connectivity index is 1.57. The number of ether oxygens (including phenoxy) is 1. The molecule has 0 bridgehead atoms. The molecule has 1 aromatic rings. The lowest BCUT2D eigenvalue weighted by molar-refractivity contribution is -0.143. The molecule has 1 aliphatic heterocycles. The van der Waals surface area contributed by atoms with E-state index in [0.29, 0.717) is 32.7 Å². The van der Waals surface area contributed by atoms with Gasteiger partial charge in [0.25, 0.3) is 0 Å². The van der Waals surface area contributed by atoms with Crippen LogP contribution in [0.4, 0.5) is 8.78 Å². The minimum atomic E-state index is -0.922. The van der Waals surface area contributed by atoms with Gasteiger partial charge in [-0.1, -0.05) is 12.1 Å². The molecule has 0 spiro atoms. The van der Waals surface area contributed by atoms with Crippen LogP contribution in [0.5, 0.6) is 0 Å². The standard InChI is InChI=1S/C18H22F2N2O4/c1-21(10-16(23)24)8-11-9-22(5-6-26-11)18(25)14-7-13(14)12-3-2-4-15(19)17(12)20/h2-4,11,13-14H,5-10H2,1H3,(H,23,24). The third-order valence-electron chi connectivity index (χ3n) is 4.86. The fraction of sp³-hybridized carbons (Fsp3) is 0.556. The normalized spacial score (nSPS) is 25.4. The second-order valence-electron chi connectivity index (χ2n) is 6.96. The molecule has 2 aliphatic rings. The van der Waals surface area contributed by atoms with Gasteiger partial charge < -0.3 is 14.7 Å². The highest BCUT2D eigenvalue weighted by Gasteiger charge is 2.47. The summed E-state index contributed by atoms with van der Waals surface area (Å²) >= 11 is 0. The number of benzene rings is 1. The Labute approximate surface area is 150 Å². The first-order valence-electron chi connectivity index (χ1n) is 8.61. The lowest BCUT2D eigenvalue weighted by Gasteiger charge is -2.34. The fourth-order valence-electron chi connectivity index (χ4n) is 3.53. The molecule has 1 aliphatic carbocycles.